The number of hydrogen-bond acceptors (Lipinski definition) is 4. The van der Waals surface area contributed by atoms with Gasteiger partial charge in [-0.05, 0) is 63.2 Å². The number of hydrogen-bond donors (Lipinski definition) is 3. The van der Waals surface area contributed by atoms with Gasteiger partial charge in [-0.1, -0.05) is 6.92 Å². The molecular weight excluding hydrogens is 430 g/mol. The average Bonchev–Trinajstić information content (AvgIpc) is 3.23. The van der Waals surface area contributed by atoms with E-state index in [1.54, 1.807) is 4.90 Å². The molecule has 3 amide bonds. The van der Waals surface area contributed by atoms with Crippen LogP contribution >= 0.6 is 0 Å². The first-order valence-electron chi connectivity index (χ1n) is 12.5. The van der Waals surface area contributed by atoms with Crippen LogP contribution in [0.4, 0.5) is 8.78 Å². The summed E-state index contributed by atoms with van der Waals surface area (Å²) in [6, 6.07) is -0.861. The molecule has 8 atom stereocenters. The molecule has 4 rings (SSSR count). The van der Waals surface area contributed by atoms with E-state index in [1.807, 2.05) is 0 Å². The largest absolute Gasteiger partial charge is 0.369 e. The number of nitrogens with zero attached hydrogens (tertiary/aromatic N) is 1. The molecule has 0 radical (unpaired) electrons. The highest BCUT2D eigenvalue weighted by molar-refractivity contribution is 5.83. The molecule has 9 heteroatoms. The van der Waals surface area contributed by atoms with Crippen molar-refractivity contribution in [3.63, 3.8) is 0 Å². The molecule has 0 bridgehead atoms. The highest BCUT2D eigenvalue weighted by atomic mass is 19.1. The van der Waals surface area contributed by atoms with Gasteiger partial charge in [0.1, 0.15) is 12.3 Å². The Hall–Kier alpha value is -1.77. The van der Waals surface area contributed by atoms with E-state index in [4.69, 9.17) is 5.73 Å². The summed E-state index contributed by atoms with van der Waals surface area (Å²) in [5, 5.41) is 6.33. The quantitative estimate of drug-likeness (QED) is 0.586. The lowest BCUT2D eigenvalue weighted by molar-refractivity contribution is -0.142. The Labute approximate surface area is 194 Å². The maximum Gasteiger partial charge on any atom is 0.237 e. The summed E-state index contributed by atoms with van der Waals surface area (Å²) in [4.78, 5) is 39.0. The zero-order chi connectivity index (χ0) is 23.9. The van der Waals surface area contributed by atoms with Gasteiger partial charge in [0, 0.05) is 38.0 Å². The molecule has 7 nitrogen and oxygen atoms in total. The number of carbonyl (C=O) groups is 3. The molecule has 2 saturated carbocycles. The molecule has 186 valence electrons. The van der Waals surface area contributed by atoms with Gasteiger partial charge >= 0.3 is 0 Å². The van der Waals surface area contributed by atoms with Crippen LogP contribution in [-0.2, 0) is 14.4 Å². The second kappa shape index (κ2) is 9.47. The van der Waals surface area contributed by atoms with E-state index in [9.17, 15) is 23.2 Å². The van der Waals surface area contributed by atoms with Crippen molar-refractivity contribution in [2.45, 2.75) is 95.7 Å². The molecule has 4 N–H and O–H groups in total. The summed E-state index contributed by atoms with van der Waals surface area (Å²) in [5.74, 6) is -0.805. The number of nitrogens with two attached hydrogens (primary N) is 1. The van der Waals surface area contributed by atoms with Crippen molar-refractivity contribution in [3.8, 4) is 0 Å². The van der Waals surface area contributed by atoms with Gasteiger partial charge in [-0.15, -0.1) is 0 Å². The van der Waals surface area contributed by atoms with Crippen molar-refractivity contribution in [3.05, 3.63) is 0 Å². The molecule has 33 heavy (non-hydrogen) atoms. The van der Waals surface area contributed by atoms with Gasteiger partial charge in [0.25, 0.3) is 0 Å². The normalized spacial score (nSPS) is 40.7. The van der Waals surface area contributed by atoms with E-state index in [2.05, 4.69) is 17.6 Å². The third-order valence-electron chi connectivity index (χ3n) is 9.02. The molecule has 0 aromatic rings. The maximum absolute atomic E-state index is 14.8. The Bertz CT molecular complexity index is 755. The summed E-state index contributed by atoms with van der Waals surface area (Å²) in [6.45, 7) is 4.46. The maximum atomic E-state index is 14.8. The fraction of sp³-hybridized carbons (Fsp3) is 0.875. The summed E-state index contributed by atoms with van der Waals surface area (Å²) in [7, 11) is 0. The minimum absolute atomic E-state index is 0.00196. The number of halogens is 2. The Morgan fingerprint density at radius 2 is 1.76 bits per heavy atom. The summed E-state index contributed by atoms with van der Waals surface area (Å²) < 4.78 is 29.2. The Morgan fingerprint density at radius 1 is 1.06 bits per heavy atom. The van der Waals surface area contributed by atoms with Crippen molar-refractivity contribution < 1.29 is 23.2 Å². The van der Waals surface area contributed by atoms with E-state index < -0.39 is 35.7 Å². The van der Waals surface area contributed by atoms with Crippen LogP contribution in [0.15, 0.2) is 0 Å². The van der Waals surface area contributed by atoms with Gasteiger partial charge in [-0.3, -0.25) is 14.4 Å². The highest BCUT2D eigenvalue weighted by Gasteiger charge is 2.50. The minimum Gasteiger partial charge on any atom is -0.369 e. The molecule has 8 unspecified atom stereocenters. The summed E-state index contributed by atoms with van der Waals surface area (Å²) in [6.07, 6.45) is 1.57. The Kier molecular flexibility index (Phi) is 6.99. The average molecular weight is 469 g/mol. The first kappa shape index (κ1) is 24.4. The fourth-order valence-electron chi connectivity index (χ4n) is 7.00. The first-order chi connectivity index (χ1) is 15.6. The van der Waals surface area contributed by atoms with Crippen LogP contribution in [0.5, 0.6) is 0 Å². The smallest absolute Gasteiger partial charge is 0.237 e. The van der Waals surface area contributed by atoms with Crippen LogP contribution in [0.3, 0.4) is 0 Å². The number of fused-ring (bicyclic) bond motifs is 1. The molecule has 0 aromatic heterocycles. The van der Waals surface area contributed by atoms with Gasteiger partial charge in [0.15, 0.2) is 0 Å². The monoisotopic (exact) mass is 468 g/mol. The standard InChI is InChI=1S/C24H38F2N4O3/c1-13-3-4-19(26)18-12-20(29-21(13)18)22(32)28-17-10-15(9-16(25)11-17)24(23(27)33)5-7-30(8-6-24)14(2)31/h13,15-21,29H,3-12H2,1-2H3,(H2,27,33)(H,28,32). The fourth-order valence-corrected chi connectivity index (χ4v) is 7.00. The van der Waals surface area contributed by atoms with Gasteiger partial charge < -0.3 is 21.3 Å². The molecule has 0 spiro atoms. The van der Waals surface area contributed by atoms with Crippen LogP contribution in [0, 0.1) is 23.2 Å². The molecule has 4 aliphatic rings. The van der Waals surface area contributed by atoms with Crippen molar-refractivity contribution in [2.75, 3.05) is 13.1 Å². The molecule has 4 fully saturated rings. The number of alkyl halides is 2. The number of primary amides is 1. The van der Waals surface area contributed by atoms with E-state index in [1.165, 1.54) is 6.92 Å². The van der Waals surface area contributed by atoms with Crippen molar-refractivity contribution >= 4 is 17.7 Å². The summed E-state index contributed by atoms with van der Waals surface area (Å²) in [5.41, 5.74) is 4.98. The van der Waals surface area contributed by atoms with E-state index >= 15 is 0 Å². The van der Waals surface area contributed by atoms with Crippen molar-refractivity contribution in [1.29, 1.82) is 0 Å². The van der Waals surface area contributed by atoms with Gasteiger partial charge in [0.05, 0.1) is 11.5 Å². The Balaban J connectivity index is 1.41. The number of nitrogens with one attached hydrogen (secondary N) is 2. The molecule has 2 aliphatic heterocycles. The lowest BCUT2D eigenvalue weighted by Crippen LogP contribution is -2.56. The van der Waals surface area contributed by atoms with Crippen molar-refractivity contribution in [2.24, 2.45) is 28.9 Å². The van der Waals surface area contributed by atoms with Crippen LogP contribution in [0.1, 0.15) is 65.2 Å². The van der Waals surface area contributed by atoms with E-state index in [0.717, 1.165) is 6.42 Å². The van der Waals surface area contributed by atoms with E-state index in [0.29, 0.717) is 51.1 Å². The van der Waals surface area contributed by atoms with Gasteiger partial charge in [0.2, 0.25) is 17.7 Å². The third kappa shape index (κ3) is 4.75. The number of amides is 3. The predicted octanol–water partition coefficient (Wildman–Crippen LogP) is 1.84. The minimum atomic E-state index is -1.13. The Morgan fingerprint density at radius 3 is 2.36 bits per heavy atom. The summed E-state index contributed by atoms with van der Waals surface area (Å²) >= 11 is 0. The second-order valence-electron chi connectivity index (χ2n) is 10.9. The molecule has 2 saturated heterocycles. The highest BCUT2D eigenvalue weighted by Crippen LogP contribution is 2.46. The third-order valence-corrected chi connectivity index (χ3v) is 9.02. The van der Waals surface area contributed by atoms with Gasteiger partial charge in [-0.2, -0.15) is 0 Å². The zero-order valence-corrected chi connectivity index (χ0v) is 19.7. The van der Waals surface area contributed by atoms with Crippen LogP contribution in [0.25, 0.3) is 0 Å². The van der Waals surface area contributed by atoms with Crippen LogP contribution < -0.4 is 16.4 Å². The molecule has 2 heterocycles. The lowest BCUT2D eigenvalue weighted by atomic mass is 9.62. The number of carbonyl (C=O) groups excluding carboxylic acids is 3. The predicted molar refractivity (Wildman–Crippen MR) is 119 cm³/mol. The SMILES string of the molecule is CC(=O)N1CCC(C(N)=O)(C2CC(F)CC(NC(=O)C3CC4C(F)CCC(C)C4N3)C2)CC1. The lowest BCUT2D eigenvalue weighted by Gasteiger charge is -2.47. The zero-order valence-electron chi connectivity index (χ0n) is 19.7. The molecule has 0 aromatic carbocycles. The molecule has 2 aliphatic carbocycles. The second-order valence-corrected chi connectivity index (χ2v) is 10.9. The number of likely N-dealkylation sites (tertiary alicyclic amines) is 1. The molecular formula is C24H38F2N4O3. The van der Waals surface area contributed by atoms with Gasteiger partial charge in [-0.25, -0.2) is 8.78 Å². The van der Waals surface area contributed by atoms with E-state index in [-0.39, 0.29) is 42.5 Å². The number of piperidine rings is 1. The first-order valence-corrected chi connectivity index (χ1v) is 12.5. The number of rotatable bonds is 4. The van der Waals surface area contributed by atoms with Crippen LogP contribution in [-0.4, -0.2) is 66.2 Å². The van der Waals surface area contributed by atoms with Crippen LogP contribution in [0.2, 0.25) is 0 Å². The van der Waals surface area contributed by atoms with Crippen molar-refractivity contribution in [1.82, 2.24) is 15.5 Å². The topological polar surface area (TPSA) is 105 Å².